The van der Waals surface area contributed by atoms with Crippen LogP contribution in [0.1, 0.15) is 140 Å². The Labute approximate surface area is 283 Å². The van der Waals surface area contributed by atoms with Crippen molar-refractivity contribution in [3.05, 3.63) is 51.3 Å². The first-order valence-electron chi connectivity index (χ1n) is 18.2. The molecule has 0 aliphatic heterocycles. The molecule has 0 radical (unpaired) electrons. The van der Waals surface area contributed by atoms with Crippen LogP contribution >= 0.6 is 0 Å². The third-order valence-corrected chi connectivity index (χ3v) is 9.19. The smallest absolute Gasteiger partial charge is 0.290 e. The number of aromatic nitrogens is 1. The summed E-state index contributed by atoms with van der Waals surface area (Å²) in [6.07, 6.45) is 12.5. The first kappa shape index (κ1) is 39.5. The average molecular weight is 649 g/mol. The Morgan fingerprint density at radius 1 is 0.851 bits per heavy atom. The summed E-state index contributed by atoms with van der Waals surface area (Å²) in [5.74, 6) is 0.671. The van der Waals surface area contributed by atoms with Crippen LogP contribution in [0.5, 0.6) is 5.88 Å². The van der Waals surface area contributed by atoms with Gasteiger partial charge >= 0.3 is 0 Å². The van der Waals surface area contributed by atoms with Crippen molar-refractivity contribution in [2.45, 2.75) is 126 Å². The predicted octanol–water partition coefficient (Wildman–Crippen LogP) is 9.56. The van der Waals surface area contributed by atoms with Crippen LogP contribution in [-0.4, -0.2) is 46.8 Å². The zero-order valence-electron chi connectivity index (χ0n) is 30.2. The maximum atomic E-state index is 13.9. The van der Waals surface area contributed by atoms with Gasteiger partial charge in [0.25, 0.3) is 11.5 Å². The molecule has 2 atom stereocenters. The molecule has 260 valence electrons. The van der Waals surface area contributed by atoms with Gasteiger partial charge in [-0.05, 0) is 68.7 Å². The molecule has 0 saturated carbocycles. The highest BCUT2D eigenvalue weighted by molar-refractivity contribution is 5.94. The third-order valence-electron chi connectivity index (χ3n) is 9.19. The van der Waals surface area contributed by atoms with Crippen molar-refractivity contribution >= 4 is 17.3 Å². The normalized spacial score (nSPS) is 12.6. The van der Waals surface area contributed by atoms with E-state index >= 15 is 0 Å². The number of unbranched alkanes of at least 4 members (excludes halogenated alkanes) is 4. The molecular formula is C38H60N6O3. The number of rotatable bonds is 22. The summed E-state index contributed by atoms with van der Waals surface area (Å²) in [4.78, 5) is 29.3. The fraction of sp³-hybridized carbons (Fsp3) is 0.658. The Balaban J connectivity index is 2.42. The van der Waals surface area contributed by atoms with E-state index in [1.807, 2.05) is 6.07 Å². The zero-order chi connectivity index (χ0) is 34.8. The van der Waals surface area contributed by atoms with E-state index in [-0.39, 0.29) is 28.6 Å². The van der Waals surface area contributed by atoms with Gasteiger partial charge in [0.1, 0.15) is 11.6 Å². The molecule has 47 heavy (non-hydrogen) atoms. The van der Waals surface area contributed by atoms with Gasteiger partial charge < -0.3 is 15.0 Å². The summed E-state index contributed by atoms with van der Waals surface area (Å²) in [6, 6.07) is 9.08. The Morgan fingerprint density at radius 3 is 1.81 bits per heavy atom. The molecule has 0 bridgehead atoms. The van der Waals surface area contributed by atoms with Crippen LogP contribution < -0.4 is 10.6 Å². The lowest BCUT2D eigenvalue weighted by Gasteiger charge is -2.31. The Bertz CT molecular complexity index is 1340. The molecule has 1 aromatic heterocycles. The van der Waals surface area contributed by atoms with E-state index in [0.717, 1.165) is 77.3 Å². The van der Waals surface area contributed by atoms with Gasteiger partial charge in [0, 0.05) is 37.3 Å². The molecule has 0 saturated heterocycles. The monoisotopic (exact) mass is 648 g/mol. The van der Waals surface area contributed by atoms with E-state index in [1.54, 1.807) is 36.2 Å². The second-order valence-electron chi connectivity index (χ2n) is 12.9. The molecule has 0 fully saturated rings. The lowest BCUT2D eigenvalue weighted by molar-refractivity contribution is 0.0685. The molecular weight excluding hydrogens is 588 g/mol. The van der Waals surface area contributed by atoms with Crippen LogP contribution in [-0.2, 0) is 0 Å². The SMILES string of the molecule is CCCCC(CC)CN(CC(CC)CCCC)C(=O)c1ccc(N=Nc2c(C)c(C#N)c(=O)n(N(CCCC)CCCC)c2O)cc1. The quantitative estimate of drug-likeness (QED) is 0.128. The standard InChI is InChI=1S/C38H60N6O3/c1-8-14-18-30(12-5)27-42(28-31(13-6)19-15-9-2)36(45)32-20-22-33(23-21-32)40-41-35-29(7)34(26-39)37(46)44(38(35)47)43(24-16-10-3)25-17-11-4/h20-23,30-31,47H,8-19,24-25,27-28H2,1-7H3. The second-order valence-corrected chi connectivity index (χ2v) is 12.9. The molecule has 9 heteroatoms. The lowest BCUT2D eigenvalue weighted by atomic mass is 9.95. The van der Waals surface area contributed by atoms with Crippen molar-refractivity contribution in [3.63, 3.8) is 0 Å². The highest BCUT2D eigenvalue weighted by Crippen LogP contribution is 2.32. The van der Waals surface area contributed by atoms with Crippen LogP contribution in [0.15, 0.2) is 39.3 Å². The van der Waals surface area contributed by atoms with Crippen molar-refractivity contribution in [3.8, 4) is 11.9 Å². The number of aromatic hydroxyl groups is 1. The first-order chi connectivity index (χ1) is 22.7. The summed E-state index contributed by atoms with van der Waals surface area (Å²) in [7, 11) is 0. The fourth-order valence-corrected chi connectivity index (χ4v) is 5.92. The summed E-state index contributed by atoms with van der Waals surface area (Å²) in [5, 5.41) is 31.6. The Kier molecular flexibility index (Phi) is 17.9. The van der Waals surface area contributed by atoms with Crippen molar-refractivity contribution in [2.75, 3.05) is 31.2 Å². The van der Waals surface area contributed by atoms with Crippen LogP contribution in [0.4, 0.5) is 11.4 Å². The molecule has 9 nitrogen and oxygen atoms in total. The summed E-state index contributed by atoms with van der Waals surface area (Å²) >= 11 is 0. The maximum absolute atomic E-state index is 13.9. The number of carbonyl (C=O) groups excluding carboxylic acids is 1. The van der Waals surface area contributed by atoms with Crippen LogP contribution in [0.3, 0.4) is 0 Å². The summed E-state index contributed by atoms with van der Waals surface area (Å²) in [5.41, 5.74) is 0.860. The van der Waals surface area contributed by atoms with Gasteiger partial charge in [-0.3, -0.25) is 9.59 Å². The van der Waals surface area contributed by atoms with Crippen molar-refractivity contribution in [2.24, 2.45) is 22.1 Å². The molecule has 2 aromatic rings. The van der Waals surface area contributed by atoms with E-state index < -0.39 is 5.56 Å². The first-order valence-corrected chi connectivity index (χ1v) is 18.2. The van der Waals surface area contributed by atoms with Gasteiger partial charge in [0.2, 0.25) is 5.88 Å². The number of amides is 1. The minimum Gasteiger partial charge on any atom is -0.492 e. The summed E-state index contributed by atoms with van der Waals surface area (Å²) < 4.78 is 1.19. The molecule has 1 aromatic carbocycles. The number of hydrogen-bond donors (Lipinski definition) is 1. The minimum atomic E-state index is -0.555. The van der Waals surface area contributed by atoms with Crippen LogP contribution in [0, 0.1) is 30.1 Å². The van der Waals surface area contributed by atoms with Crippen LogP contribution in [0.25, 0.3) is 0 Å². The minimum absolute atomic E-state index is 0.0388. The fourth-order valence-electron chi connectivity index (χ4n) is 5.92. The van der Waals surface area contributed by atoms with E-state index in [0.29, 0.717) is 36.2 Å². The van der Waals surface area contributed by atoms with Crippen molar-refractivity contribution in [1.29, 1.82) is 5.26 Å². The number of benzene rings is 1. The van der Waals surface area contributed by atoms with Gasteiger partial charge in [-0.2, -0.15) is 15.1 Å². The molecule has 2 rings (SSSR count). The van der Waals surface area contributed by atoms with Gasteiger partial charge in [-0.15, -0.1) is 5.11 Å². The highest BCUT2D eigenvalue weighted by Gasteiger charge is 2.24. The van der Waals surface area contributed by atoms with Gasteiger partial charge in [-0.1, -0.05) is 92.9 Å². The third kappa shape index (κ3) is 11.5. The number of azo groups is 1. The van der Waals surface area contributed by atoms with Crippen molar-refractivity contribution < 1.29 is 9.90 Å². The van der Waals surface area contributed by atoms with E-state index in [4.69, 9.17) is 0 Å². The number of hydrogen-bond acceptors (Lipinski definition) is 7. The Hall–Kier alpha value is -3.67. The zero-order valence-corrected chi connectivity index (χ0v) is 30.2. The maximum Gasteiger partial charge on any atom is 0.290 e. The van der Waals surface area contributed by atoms with Crippen LogP contribution in [0.2, 0.25) is 0 Å². The lowest BCUT2D eigenvalue weighted by Crippen LogP contribution is -2.44. The molecule has 1 N–H and O–H groups in total. The topological polar surface area (TPSA) is 114 Å². The van der Waals surface area contributed by atoms with Crippen molar-refractivity contribution in [1.82, 2.24) is 9.58 Å². The average Bonchev–Trinajstić information content (AvgIpc) is 3.08. The number of carbonyl (C=O) groups is 1. The second kappa shape index (κ2) is 21.3. The molecule has 0 aliphatic rings. The van der Waals surface area contributed by atoms with Gasteiger partial charge in [-0.25, -0.2) is 0 Å². The number of nitriles is 1. The predicted molar refractivity (Wildman–Crippen MR) is 193 cm³/mol. The Morgan fingerprint density at radius 2 is 1.36 bits per heavy atom. The van der Waals surface area contributed by atoms with Gasteiger partial charge in [0.05, 0.1) is 5.69 Å². The van der Waals surface area contributed by atoms with E-state index in [1.165, 1.54) is 17.5 Å². The highest BCUT2D eigenvalue weighted by atomic mass is 16.3. The molecule has 2 unspecified atom stereocenters. The molecule has 0 aliphatic carbocycles. The molecule has 1 amide bonds. The van der Waals surface area contributed by atoms with E-state index in [2.05, 4.69) is 56.7 Å². The number of pyridine rings is 1. The largest absolute Gasteiger partial charge is 0.492 e. The molecule has 1 heterocycles. The van der Waals surface area contributed by atoms with E-state index in [9.17, 15) is 20.0 Å². The molecule has 0 spiro atoms. The summed E-state index contributed by atoms with van der Waals surface area (Å²) in [6.45, 7) is 17.3. The van der Waals surface area contributed by atoms with Gasteiger partial charge in [0.15, 0.2) is 5.69 Å². The number of nitrogens with zero attached hydrogens (tertiary/aromatic N) is 6.